The van der Waals surface area contributed by atoms with Gasteiger partial charge in [0.15, 0.2) is 0 Å². The Morgan fingerprint density at radius 1 is 1.36 bits per heavy atom. The molecule has 7 nitrogen and oxygen atoms in total. The molecule has 0 unspecified atom stereocenters. The smallest absolute Gasteiger partial charge is 0.214 e. The van der Waals surface area contributed by atoms with Gasteiger partial charge in [-0.2, -0.15) is 0 Å². The molecule has 2 fully saturated rings. The lowest BCUT2D eigenvalue weighted by molar-refractivity contribution is 0.0542. The molecule has 0 saturated carbocycles. The quantitative estimate of drug-likeness (QED) is 0.641. The molecule has 22 heavy (non-hydrogen) atoms. The van der Waals surface area contributed by atoms with Crippen LogP contribution in [0.5, 0.6) is 0 Å². The highest BCUT2D eigenvalue weighted by Gasteiger charge is 2.49. The van der Waals surface area contributed by atoms with Crippen LogP contribution in [0.2, 0.25) is 0 Å². The summed E-state index contributed by atoms with van der Waals surface area (Å²) >= 11 is 3.78. The van der Waals surface area contributed by atoms with Crippen LogP contribution in [-0.4, -0.2) is 59.8 Å². The maximum absolute atomic E-state index is 11.6. The second kappa shape index (κ2) is 5.02. The van der Waals surface area contributed by atoms with Gasteiger partial charge in [-0.25, -0.2) is 22.2 Å². The predicted molar refractivity (Wildman–Crippen MR) is 93.9 cm³/mol. The monoisotopic (exact) mass is 453 g/mol. The van der Waals surface area contributed by atoms with Crippen LogP contribution in [0.25, 0.3) is 4.96 Å². The molecule has 0 N–H and O–H groups in total. The minimum Gasteiger partial charge on any atom is -0.346 e. The fourth-order valence-electron chi connectivity index (χ4n) is 3.36. The standard InChI is InChI=1S/C12H16IN5O2S2/c1-22(19,20)17-7-12(8-17)3-2-4-16(6-12)11-15-18-5-9(13)14-10(18)21-11/h5H,2-4,6-8H2,1H3. The first-order chi connectivity index (χ1) is 10.3. The summed E-state index contributed by atoms with van der Waals surface area (Å²) in [6.07, 6.45) is 5.38. The molecule has 120 valence electrons. The normalized spacial score (nSPS) is 22.4. The van der Waals surface area contributed by atoms with Crippen molar-refractivity contribution in [2.24, 2.45) is 5.41 Å². The van der Waals surface area contributed by atoms with E-state index in [0.717, 1.165) is 39.7 Å². The van der Waals surface area contributed by atoms with Gasteiger partial charge in [-0.05, 0) is 35.4 Å². The van der Waals surface area contributed by atoms with E-state index in [1.165, 1.54) is 6.26 Å². The third-order valence-corrected chi connectivity index (χ3v) is 7.13. The van der Waals surface area contributed by atoms with Gasteiger partial charge in [-0.3, -0.25) is 0 Å². The minimum atomic E-state index is -3.05. The molecule has 2 saturated heterocycles. The van der Waals surface area contributed by atoms with Gasteiger partial charge in [0.2, 0.25) is 20.1 Å². The van der Waals surface area contributed by atoms with Gasteiger partial charge in [0, 0.05) is 31.6 Å². The van der Waals surface area contributed by atoms with Crippen molar-refractivity contribution in [3.05, 3.63) is 9.90 Å². The van der Waals surface area contributed by atoms with Crippen molar-refractivity contribution in [3.8, 4) is 0 Å². The zero-order valence-electron chi connectivity index (χ0n) is 12.1. The van der Waals surface area contributed by atoms with E-state index in [4.69, 9.17) is 0 Å². The molecule has 4 rings (SSSR count). The Bertz CT molecular complexity index is 792. The zero-order valence-corrected chi connectivity index (χ0v) is 15.9. The van der Waals surface area contributed by atoms with Crippen LogP contribution in [-0.2, 0) is 10.0 Å². The third-order valence-electron chi connectivity index (χ3n) is 4.43. The zero-order chi connectivity index (χ0) is 15.5. The molecule has 0 aliphatic carbocycles. The summed E-state index contributed by atoms with van der Waals surface area (Å²) in [6, 6.07) is 0. The minimum absolute atomic E-state index is 0.101. The summed E-state index contributed by atoms with van der Waals surface area (Å²) in [7, 11) is -3.05. The highest BCUT2D eigenvalue weighted by Crippen LogP contribution is 2.41. The number of halogens is 1. The Morgan fingerprint density at radius 3 is 2.82 bits per heavy atom. The average Bonchev–Trinajstić information content (AvgIpc) is 2.92. The van der Waals surface area contributed by atoms with Gasteiger partial charge in [-0.1, -0.05) is 11.3 Å². The maximum Gasteiger partial charge on any atom is 0.214 e. The van der Waals surface area contributed by atoms with Crippen molar-refractivity contribution in [1.29, 1.82) is 0 Å². The highest BCUT2D eigenvalue weighted by molar-refractivity contribution is 14.1. The Kier molecular flexibility index (Phi) is 3.44. The first kappa shape index (κ1) is 15.1. The van der Waals surface area contributed by atoms with Crippen LogP contribution < -0.4 is 4.90 Å². The SMILES string of the molecule is CS(=O)(=O)N1CC2(CCCN(c3nn4cc(I)nc4s3)C2)C1. The molecule has 2 aliphatic rings. The molecule has 1 spiro atoms. The molecule has 0 bridgehead atoms. The fourth-order valence-corrected chi connectivity index (χ4v) is 5.94. The van der Waals surface area contributed by atoms with Gasteiger partial charge in [0.05, 0.1) is 12.5 Å². The van der Waals surface area contributed by atoms with E-state index >= 15 is 0 Å². The van der Waals surface area contributed by atoms with Gasteiger partial charge < -0.3 is 4.90 Å². The Morgan fingerprint density at radius 2 is 2.14 bits per heavy atom. The summed E-state index contributed by atoms with van der Waals surface area (Å²) in [5.41, 5.74) is 0.101. The second-order valence-electron chi connectivity index (χ2n) is 6.23. The number of fused-ring (bicyclic) bond motifs is 1. The van der Waals surface area contributed by atoms with Gasteiger partial charge in [0.25, 0.3) is 0 Å². The molecule has 2 aromatic rings. The molecule has 10 heteroatoms. The molecular formula is C12H16IN5O2S2. The van der Waals surface area contributed by atoms with E-state index in [9.17, 15) is 8.42 Å². The molecule has 2 aromatic heterocycles. The van der Waals surface area contributed by atoms with E-state index in [-0.39, 0.29) is 5.41 Å². The highest BCUT2D eigenvalue weighted by atomic mass is 127. The molecule has 4 heterocycles. The number of hydrogen-bond acceptors (Lipinski definition) is 6. The van der Waals surface area contributed by atoms with Crippen molar-refractivity contribution in [1.82, 2.24) is 18.9 Å². The number of anilines is 1. The maximum atomic E-state index is 11.6. The van der Waals surface area contributed by atoms with Crippen LogP contribution >= 0.6 is 33.9 Å². The van der Waals surface area contributed by atoms with Gasteiger partial charge in [-0.15, -0.1) is 5.10 Å². The summed E-state index contributed by atoms with van der Waals surface area (Å²) in [4.78, 5) is 7.63. The van der Waals surface area contributed by atoms with Crippen LogP contribution in [0.15, 0.2) is 6.20 Å². The number of piperidine rings is 1. The number of sulfonamides is 1. The van der Waals surface area contributed by atoms with Crippen molar-refractivity contribution in [2.45, 2.75) is 12.8 Å². The number of aromatic nitrogens is 3. The Hall–Kier alpha value is -0.460. The molecule has 0 radical (unpaired) electrons. The number of imidazole rings is 1. The van der Waals surface area contributed by atoms with Crippen LogP contribution in [0.1, 0.15) is 12.8 Å². The average molecular weight is 453 g/mol. The van der Waals surface area contributed by atoms with Crippen molar-refractivity contribution >= 4 is 54.0 Å². The topological polar surface area (TPSA) is 70.8 Å². The fraction of sp³-hybridized carbons (Fsp3) is 0.667. The molecular weight excluding hydrogens is 437 g/mol. The van der Waals surface area contributed by atoms with E-state index in [2.05, 4.69) is 37.6 Å². The summed E-state index contributed by atoms with van der Waals surface area (Å²) in [5.74, 6) is 0. The lowest BCUT2D eigenvalue weighted by atomic mass is 9.75. The summed E-state index contributed by atoms with van der Waals surface area (Å²) in [6.45, 7) is 3.15. The Balaban J connectivity index is 1.53. The van der Waals surface area contributed by atoms with E-state index in [1.807, 2.05) is 10.7 Å². The van der Waals surface area contributed by atoms with Crippen molar-refractivity contribution < 1.29 is 8.42 Å². The summed E-state index contributed by atoms with van der Waals surface area (Å²) < 4.78 is 27.5. The first-order valence-electron chi connectivity index (χ1n) is 7.07. The lowest BCUT2D eigenvalue weighted by Gasteiger charge is -2.53. The van der Waals surface area contributed by atoms with Gasteiger partial charge >= 0.3 is 0 Å². The third kappa shape index (κ3) is 2.53. The van der Waals surface area contributed by atoms with E-state index in [0.29, 0.717) is 13.1 Å². The number of rotatable bonds is 2. The molecule has 2 aliphatic heterocycles. The first-order valence-corrected chi connectivity index (χ1v) is 10.8. The van der Waals surface area contributed by atoms with Crippen LogP contribution in [0.4, 0.5) is 5.13 Å². The number of hydrogen-bond donors (Lipinski definition) is 0. The van der Waals surface area contributed by atoms with E-state index < -0.39 is 10.0 Å². The van der Waals surface area contributed by atoms with Crippen LogP contribution in [0.3, 0.4) is 0 Å². The predicted octanol–water partition coefficient (Wildman–Crippen LogP) is 1.26. The second-order valence-corrected chi connectivity index (χ2v) is 10.3. The molecule has 0 amide bonds. The van der Waals surface area contributed by atoms with Crippen molar-refractivity contribution in [2.75, 3.05) is 37.3 Å². The van der Waals surface area contributed by atoms with Crippen molar-refractivity contribution in [3.63, 3.8) is 0 Å². The van der Waals surface area contributed by atoms with E-state index in [1.54, 1.807) is 15.6 Å². The summed E-state index contributed by atoms with van der Waals surface area (Å²) in [5, 5.41) is 5.59. The molecule has 0 atom stereocenters. The Labute approximate surface area is 146 Å². The molecule has 0 aromatic carbocycles. The largest absolute Gasteiger partial charge is 0.346 e. The lowest BCUT2D eigenvalue weighted by Crippen LogP contribution is -2.64. The number of nitrogens with zero attached hydrogens (tertiary/aromatic N) is 5. The van der Waals surface area contributed by atoms with Gasteiger partial charge in [0.1, 0.15) is 3.70 Å². The van der Waals surface area contributed by atoms with Crippen LogP contribution in [0, 0.1) is 9.12 Å².